The minimum Gasteiger partial charge on any atom is -0.296 e. The number of benzene rings is 1. The molecule has 1 aromatic rings. The molecular weight excluding hydrogens is 273 g/mol. The van der Waals surface area contributed by atoms with Crippen LogP contribution in [0.25, 0.3) is 0 Å². The highest BCUT2D eigenvalue weighted by atomic mass is 79.9. The number of hydrogen-bond acceptors (Lipinski definition) is 2. The maximum atomic E-state index is 12.9. The van der Waals surface area contributed by atoms with Crippen molar-refractivity contribution in [3.8, 4) is 0 Å². The average molecular weight is 286 g/mol. The summed E-state index contributed by atoms with van der Waals surface area (Å²) in [6, 6.07) is 6.19. The summed E-state index contributed by atoms with van der Waals surface area (Å²) >= 11 is 3.30. The molecule has 1 aliphatic rings. The van der Waals surface area contributed by atoms with Gasteiger partial charge in [-0.05, 0) is 25.0 Å². The number of carbonyl (C=O) groups excluding carboxylic acids is 1. The number of hydrogen-bond donors (Lipinski definition) is 1. The fourth-order valence-electron chi connectivity index (χ4n) is 1.65. The smallest absolute Gasteiger partial charge is 0.190 e. The Morgan fingerprint density at radius 2 is 2.25 bits per heavy atom. The van der Waals surface area contributed by atoms with Crippen molar-refractivity contribution in [2.24, 2.45) is 0 Å². The lowest BCUT2D eigenvalue weighted by atomic mass is 9.93. The van der Waals surface area contributed by atoms with E-state index >= 15 is 0 Å². The number of nitrogens with one attached hydrogen (secondary N) is 1. The van der Waals surface area contributed by atoms with Gasteiger partial charge in [-0.25, -0.2) is 4.39 Å². The van der Waals surface area contributed by atoms with E-state index in [1.54, 1.807) is 12.1 Å². The molecule has 1 fully saturated rings. The first kappa shape index (κ1) is 11.7. The van der Waals surface area contributed by atoms with E-state index in [9.17, 15) is 9.18 Å². The van der Waals surface area contributed by atoms with Crippen molar-refractivity contribution in [1.82, 2.24) is 5.32 Å². The van der Waals surface area contributed by atoms with Crippen LogP contribution in [0.4, 0.5) is 4.39 Å². The molecule has 1 N–H and O–H groups in total. The average Bonchev–Trinajstić information content (AvgIpc) is 2.22. The Labute approximate surface area is 102 Å². The molecule has 2 nitrogen and oxygen atoms in total. The predicted molar refractivity (Wildman–Crippen MR) is 64.2 cm³/mol. The molecule has 0 saturated heterocycles. The van der Waals surface area contributed by atoms with Gasteiger partial charge in [-0.3, -0.25) is 10.1 Å². The van der Waals surface area contributed by atoms with Gasteiger partial charge in [0.25, 0.3) is 0 Å². The van der Waals surface area contributed by atoms with E-state index in [0.29, 0.717) is 11.6 Å². The minimum atomic E-state index is -0.417. The number of alkyl halides is 1. The molecule has 0 heterocycles. The molecule has 1 aromatic carbocycles. The molecule has 1 atom stereocenters. The molecule has 86 valence electrons. The molecule has 1 unspecified atom stereocenters. The van der Waals surface area contributed by atoms with Crippen molar-refractivity contribution in [3.05, 3.63) is 35.6 Å². The number of rotatable bonds is 4. The van der Waals surface area contributed by atoms with Crippen LogP contribution in [0, 0.1) is 5.82 Å². The van der Waals surface area contributed by atoms with Gasteiger partial charge in [-0.15, -0.1) is 0 Å². The third kappa shape index (κ3) is 2.68. The number of ketones is 1. The van der Waals surface area contributed by atoms with Crippen molar-refractivity contribution < 1.29 is 9.18 Å². The monoisotopic (exact) mass is 285 g/mol. The normalized spacial score (nSPS) is 17.9. The van der Waals surface area contributed by atoms with Gasteiger partial charge in [0.1, 0.15) is 10.8 Å². The molecular formula is C12H13BrFNO. The molecule has 0 aromatic heterocycles. The zero-order valence-electron chi connectivity index (χ0n) is 8.75. The van der Waals surface area contributed by atoms with E-state index in [4.69, 9.17) is 0 Å². The Hall–Kier alpha value is -0.740. The van der Waals surface area contributed by atoms with Crippen molar-refractivity contribution in [2.45, 2.75) is 30.3 Å². The Balaban J connectivity index is 2.00. The van der Waals surface area contributed by atoms with Crippen molar-refractivity contribution in [2.75, 3.05) is 0 Å². The van der Waals surface area contributed by atoms with Crippen LogP contribution >= 0.6 is 15.9 Å². The van der Waals surface area contributed by atoms with Crippen LogP contribution in [0.3, 0.4) is 0 Å². The van der Waals surface area contributed by atoms with Gasteiger partial charge in [0.05, 0.1) is 0 Å². The van der Waals surface area contributed by atoms with Gasteiger partial charge >= 0.3 is 0 Å². The summed E-state index contributed by atoms with van der Waals surface area (Å²) < 4.78 is 12.9. The molecule has 16 heavy (non-hydrogen) atoms. The first-order valence-electron chi connectivity index (χ1n) is 5.37. The number of halogens is 2. The second-order valence-corrected chi connectivity index (χ2v) is 4.95. The Kier molecular flexibility index (Phi) is 3.71. The summed E-state index contributed by atoms with van der Waals surface area (Å²) in [7, 11) is 0. The summed E-state index contributed by atoms with van der Waals surface area (Å²) in [6.07, 6.45) is 3.43. The van der Waals surface area contributed by atoms with E-state index in [1.807, 2.05) is 0 Å². The molecule has 0 spiro atoms. The van der Waals surface area contributed by atoms with Crippen molar-refractivity contribution in [3.63, 3.8) is 0 Å². The lowest BCUT2D eigenvalue weighted by Gasteiger charge is -2.28. The van der Waals surface area contributed by atoms with Crippen LogP contribution in [0.15, 0.2) is 24.3 Å². The summed E-state index contributed by atoms with van der Waals surface area (Å²) in [5, 5.41) is 3.18. The molecule has 2 rings (SSSR count). The van der Waals surface area contributed by atoms with E-state index in [2.05, 4.69) is 21.2 Å². The molecule has 0 aliphatic heterocycles. The van der Waals surface area contributed by atoms with Crippen LogP contribution in [0.5, 0.6) is 0 Å². The first-order chi connectivity index (χ1) is 7.66. The largest absolute Gasteiger partial charge is 0.296 e. The van der Waals surface area contributed by atoms with E-state index in [1.165, 1.54) is 18.6 Å². The van der Waals surface area contributed by atoms with Crippen LogP contribution in [0.1, 0.15) is 29.6 Å². The zero-order valence-corrected chi connectivity index (χ0v) is 10.3. The lowest BCUT2D eigenvalue weighted by Crippen LogP contribution is -2.43. The van der Waals surface area contributed by atoms with Crippen LogP contribution in [-0.2, 0) is 0 Å². The van der Waals surface area contributed by atoms with E-state index < -0.39 is 4.95 Å². The zero-order chi connectivity index (χ0) is 11.5. The third-order valence-corrected chi connectivity index (χ3v) is 3.51. The molecule has 4 heteroatoms. The van der Waals surface area contributed by atoms with Gasteiger partial charge in [-0.1, -0.05) is 34.5 Å². The standard InChI is InChI=1S/C12H13BrFNO/c13-12(15-10-5-2-6-10)11(16)8-3-1-4-9(14)7-8/h1,3-4,7,10,12,15H,2,5-6H2. The molecule has 1 aliphatic carbocycles. The highest BCUT2D eigenvalue weighted by Gasteiger charge is 2.24. The topological polar surface area (TPSA) is 29.1 Å². The lowest BCUT2D eigenvalue weighted by molar-refractivity contribution is 0.0970. The van der Waals surface area contributed by atoms with Crippen LogP contribution < -0.4 is 5.32 Å². The maximum absolute atomic E-state index is 12.9. The van der Waals surface area contributed by atoms with Crippen molar-refractivity contribution in [1.29, 1.82) is 0 Å². The number of carbonyl (C=O) groups is 1. The van der Waals surface area contributed by atoms with Crippen LogP contribution in [-0.4, -0.2) is 16.8 Å². The minimum absolute atomic E-state index is 0.119. The Bertz CT molecular complexity index is 392. The van der Waals surface area contributed by atoms with Gasteiger partial charge in [-0.2, -0.15) is 0 Å². The SMILES string of the molecule is O=C(c1cccc(F)c1)C(Br)NC1CCC1. The fourth-order valence-corrected chi connectivity index (χ4v) is 2.28. The molecule has 0 radical (unpaired) electrons. The van der Waals surface area contributed by atoms with Gasteiger partial charge in [0.15, 0.2) is 5.78 Å². The highest BCUT2D eigenvalue weighted by Crippen LogP contribution is 2.20. The predicted octanol–water partition coefficient (Wildman–Crippen LogP) is 2.87. The summed E-state index contributed by atoms with van der Waals surface area (Å²) in [5.41, 5.74) is 0.397. The summed E-state index contributed by atoms with van der Waals surface area (Å²) in [4.78, 5) is 11.5. The molecule has 0 amide bonds. The summed E-state index contributed by atoms with van der Waals surface area (Å²) in [6.45, 7) is 0. The highest BCUT2D eigenvalue weighted by molar-refractivity contribution is 9.10. The number of Topliss-reactive ketones (excluding diaryl/α,β-unsaturated/α-hetero) is 1. The van der Waals surface area contributed by atoms with Gasteiger partial charge in [0.2, 0.25) is 0 Å². The molecule has 0 bridgehead atoms. The summed E-state index contributed by atoms with van der Waals surface area (Å²) in [5.74, 6) is -0.499. The van der Waals surface area contributed by atoms with E-state index in [-0.39, 0.29) is 11.6 Å². The van der Waals surface area contributed by atoms with Crippen LogP contribution in [0.2, 0.25) is 0 Å². The van der Waals surface area contributed by atoms with Gasteiger partial charge in [0, 0.05) is 11.6 Å². The Morgan fingerprint density at radius 1 is 1.50 bits per heavy atom. The fraction of sp³-hybridized carbons (Fsp3) is 0.417. The second-order valence-electron chi connectivity index (χ2n) is 4.03. The quantitative estimate of drug-likeness (QED) is 0.524. The first-order valence-corrected chi connectivity index (χ1v) is 6.28. The molecule has 1 saturated carbocycles. The maximum Gasteiger partial charge on any atom is 0.190 e. The second kappa shape index (κ2) is 5.06. The third-order valence-electron chi connectivity index (χ3n) is 2.83. The van der Waals surface area contributed by atoms with Crippen molar-refractivity contribution >= 4 is 21.7 Å². The Morgan fingerprint density at radius 3 is 2.81 bits per heavy atom. The van der Waals surface area contributed by atoms with Gasteiger partial charge < -0.3 is 0 Å². The van der Waals surface area contributed by atoms with E-state index in [0.717, 1.165) is 12.8 Å².